The van der Waals surface area contributed by atoms with E-state index in [2.05, 4.69) is 4.99 Å². The first-order valence-electron chi connectivity index (χ1n) is 13.4. The summed E-state index contributed by atoms with van der Waals surface area (Å²) in [6.45, 7) is 7.61. The Bertz CT molecular complexity index is 1890. The molecule has 214 valence electrons. The number of esters is 1. The van der Waals surface area contributed by atoms with Gasteiger partial charge < -0.3 is 9.47 Å². The van der Waals surface area contributed by atoms with Crippen LogP contribution in [0.25, 0.3) is 6.08 Å². The number of nitro benzene ring substituents is 1. The van der Waals surface area contributed by atoms with E-state index in [4.69, 9.17) is 9.47 Å². The number of fused-ring (bicyclic) bond motifs is 1. The Morgan fingerprint density at radius 3 is 2.45 bits per heavy atom. The van der Waals surface area contributed by atoms with Crippen LogP contribution in [0, 0.1) is 24.0 Å². The fraction of sp³-hybridized carbons (Fsp3) is 0.219. The van der Waals surface area contributed by atoms with E-state index in [1.807, 2.05) is 55.5 Å². The summed E-state index contributed by atoms with van der Waals surface area (Å²) in [4.78, 5) is 43.1. The number of ether oxygens (including phenoxy) is 2. The van der Waals surface area contributed by atoms with Gasteiger partial charge in [-0.05, 0) is 62.6 Å². The Kier molecular flexibility index (Phi) is 8.17. The van der Waals surface area contributed by atoms with E-state index in [0.717, 1.165) is 11.1 Å². The predicted octanol–water partition coefficient (Wildman–Crippen LogP) is 4.90. The number of nitro groups is 1. The maximum atomic E-state index is 13.8. The van der Waals surface area contributed by atoms with Crippen molar-refractivity contribution in [1.29, 1.82) is 0 Å². The number of benzene rings is 3. The average Bonchev–Trinajstić information content (AvgIpc) is 3.27. The molecular weight excluding hydrogens is 554 g/mol. The summed E-state index contributed by atoms with van der Waals surface area (Å²) in [6.07, 6.45) is 1.76. The second kappa shape index (κ2) is 12.0. The SMILES string of the molecule is CCOC(=O)C1=C(C)N=c2s/c(=C/c3ccc(OCc4ccc(C)cc4)cc3)c(=O)n2[C@@H]1c1ccc(C)c([N+](=O)[O-])c1. The molecule has 1 atom stereocenters. The van der Waals surface area contributed by atoms with Crippen LogP contribution >= 0.6 is 11.3 Å². The van der Waals surface area contributed by atoms with Crippen LogP contribution in [-0.2, 0) is 16.1 Å². The number of thiazole rings is 1. The van der Waals surface area contributed by atoms with Crippen LogP contribution in [0.2, 0.25) is 0 Å². The maximum Gasteiger partial charge on any atom is 0.338 e. The molecular formula is C32H29N3O6S. The fourth-order valence-corrected chi connectivity index (χ4v) is 5.81. The number of hydrogen-bond acceptors (Lipinski definition) is 8. The first-order valence-corrected chi connectivity index (χ1v) is 14.2. The zero-order valence-corrected chi connectivity index (χ0v) is 24.4. The molecule has 0 radical (unpaired) electrons. The Hall–Kier alpha value is -4.83. The summed E-state index contributed by atoms with van der Waals surface area (Å²) >= 11 is 1.19. The molecule has 10 heteroatoms. The molecule has 42 heavy (non-hydrogen) atoms. The third-order valence-electron chi connectivity index (χ3n) is 6.97. The number of aromatic nitrogens is 1. The first kappa shape index (κ1) is 28.7. The second-order valence-corrected chi connectivity index (χ2v) is 11.0. The highest BCUT2D eigenvalue weighted by molar-refractivity contribution is 7.07. The summed E-state index contributed by atoms with van der Waals surface area (Å²) in [5, 5.41) is 11.7. The smallest absolute Gasteiger partial charge is 0.338 e. The highest BCUT2D eigenvalue weighted by atomic mass is 32.1. The lowest BCUT2D eigenvalue weighted by Gasteiger charge is -2.24. The number of nitrogens with zero attached hydrogens (tertiary/aromatic N) is 3. The molecule has 1 aliphatic heterocycles. The van der Waals surface area contributed by atoms with Crippen molar-refractivity contribution in [3.8, 4) is 5.75 Å². The minimum absolute atomic E-state index is 0.0998. The van der Waals surface area contributed by atoms with Crippen LogP contribution in [0.4, 0.5) is 5.69 Å². The molecule has 3 aromatic carbocycles. The van der Waals surface area contributed by atoms with Crippen LogP contribution in [-0.4, -0.2) is 22.1 Å². The van der Waals surface area contributed by atoms with Crippen molar-refractivity contribution < 1.29 is 19.2 Å². The van der Waals surface area contributed by atoms with Gasteiger partial charge in [0.2, 0.25) is 0 Å². The molecule has 0 saturated carbocycles. The van der Waals surface area contributed by atoms with Gasteiger partial charge in [0.05, 0.1) is 33.4 Å². The second-order valence-electron chi connectivity index (χ2n) is 9.95. The highest BCUT2D eigenvalue weighted by Gasteiger charge is 2.34. The molecule has 5 rings (SSSR count). The maximum absolute atomic E-state index is 13.8. The normalized spacial score (nSPS) is 14.8. The number of aryl methyl sites for hydroxylation is 2. The molecule has 0 bridgehead atoms. The number of hydrogen-bond donors (Lipinski definition) is 0. The van der Waals surface area contributed by atoms with E-state index >= 15 is 0 Å². The van der Waals surface area contributed by atoms with Crippen molar-refractivity contribution in [2.24, 2.45) is 4.99 Å². The molecule has 0 spiro atoms. The van der Waals surface area contributed by atoms with Crippen molar-refractivity contribution in [2.75, 3.05) is 6.61 Å². The Labute approximate surface area is 245 Å². The van der Waals surface area contributed by atoms with Crippen molar-refractivity contribution >= 4 is 29.1 Å². The van der Waals surface area contributed by atoms with E-state index in [9.17, 15) is 19.7 Å². The molecule has 4 aromatic rings. The Morgan fingerprint density at radius 2 is 1.79 bits per heavy atom. The van der Waals surface area contributed by atoms with Crippen LogP contribution in [0.3, 0.4) is 0 Å². The first-order chi connectivity index (χ1) is 20.2. The monoisotopic (exact) mass is 583 g/mol. The van der Waals surface area contributed by atoms with Crippen molar-refractivity contribution in [2.45, 2.75) is 40.3 Å². The number of carbonyl (C=O) groups is 1. The molecule has 1 aliphatic rings. The van der Waals surface area contributed by atoms with E-state index in [0.29, 0.717) is 38.5 Å². The molecule has 9 nitrogen and oxygen atoms in total. The van der Waals surface area contributed by atoms with Crippen molar-refractivity contribution in [3.63, 3.8) is 0 Å². The zero-order valence-electron chi connectivity index (χ0n) is 23.6. The summed E-state index contributed by atoms with van der Waals surface area (Å²) in [6, 6.07) is 19.3. The highest BCUT2D eigenvalue weighted by Crippen LogP contribution is 2.33. The van der Waals surface area contributed by atoms with Gasteiger partial charge in [-0.3, -0.25) is 19.5 Å². The molecule has 0 unspecified atom stereocenters. The molecule has 0 aliphatic carbocycles. The van der Waals surface area contributed by atoms with Crippen molar-refractivity contribution in [1.82, 2.24) is 4.57 Å². The molecule has 0 amide bonds. The van der Waals surface area contributed by atoms with Gasteiger partial charge in [-0.25, -0.2) is 9.79 Å². The molecule has 0 fully saturated rings. The van der Waals surface area contributed by atoms with E-state index in [1.54, 1.807) is 39.0 Å². The zero-order chi connectivity index (χ0) is 30.0. The lowest BCUT2D eigenvalue weighted by atomic mass is 9.94. The van der Waals surface area contributed by atoms with Crippen LogP contribution in [0.15, 0.2) is 87.8 Å². The standard InChI is InChI=1S/C32H29N3O6S/c1-5-40-31(37)28-21(4)33-32-34(29(28)24-13-8-20(3)26(17-24)35(38)39)30(36)27(42-32)16-22-11-14-25(15-12-22)41-18-23-9-6-19(2)7-10-23/h6-17,29H,5,18H2,1-4H3/b27-16+/t29-/m1/s1. The van der Waals surface area contributed by atoms with Crippen LogP contribution in [0.5, 0.6) is 5.75 Å². The van der Waals surface area contributed by atoms with Gasteiger partial charge in [-0.1, -0.05) is 65.4 Å². The van der Waals surface area contributed by atoms with Gasteiger partial charge in [0, 0.05) is 11.6 Å². The van der Waals surface area contributed by atoms with E-state index in [1.165, 1.54) is 27.5 Å². The predicted molar refractivity (Wildman–Crippen MR) is 160 cm³/mol. The van der Waals surface area contributed by atoms with Gasteiger partial charge in [0.1, 0.15) is 12.4 Å². The number of carbonyl (C=O) groups excluding carboxylic acids is 1. The molecule has 0 saturated heterocycles. The van der Waals surface area contributed by atoms with Crippen molar-refractivity contribution in [3.05, 3.63) is 136 Å². The summed E-state index contributed by atoms with van der Waals surface area (Å²) in [5.74, 6) is 0.0762. The van der Waals surface area contributed by atoms with Gasteiger partial charge in [-0.2, -0.15) is 0 Å². The largest absolute Gasteiger partial charge is 0.489 e. The lowest BCUT2D eigenvalue weighted by molar-refractivity contribution is -0.385. The average molecular weight is 584 g/mol. The van der Waals surface area contributed by atoms with Gasteiger partial charge in [0.15, 0.2) is 4.80 Å². The van der Waals surface area contributed by atoms with Crippen LogP contribution < -0.4 is 19.6 Å². The third kappa shape index (κ3) is 5.80. The topological polar surface area (TPSA) is 113 Å². The molecule has 2 heterocycles. The Morgan fingerprint density at radius 1 is 1.07 bits per heavy atom. The minimum atomic E-state index is -0.931. The number of rotatable bonds is 8. The quantitative estimate of drug-likeness (QED) is 0.166. The minimum Gasteiger partial charge on any atom is -0.489 e. The lowest BCUT2D eigenvalue weighted by Crippen LogP contribution is -2.40. The van der Waals surface area contributed by atoms with Gasteiger partial charge >= 0.3 is 5.97 Å². The molecule has 1 aromatic heterocycles. The Balaban J connectivity index is 1.53. The van der Waals surface area contributed by atoms with E-state index in [-0.39, 0.29) is 23.4 Å². The third-order valence-corrected chi connectivity index (χ3v) is 7.95. The summed E-state index contributed by atoms with van der Waals surface area (Å²) in [7, 11) is 0. The van der Waals surface area contributed by atoms with Crippen LogP contribution in [0.1, 0.15) is 47.7 Å². The summed E-state index contributed by atoms with van der Waals surface area (Å²) in [5.41, 5.74) is 4.04. The molecule has 0 N–H and O–H groups in total. The fourth-order valence-electron chi connectivity index (χ4n) is 4.76. The van der Waals surface area contributed by atoms with Gasteiger partial charge in [0.25, 0.3) is 11.2 Å². The van der Waals surface area contributed by atoms with E-state index < -0.39 is 16.9 Å². The summed E-state index contributed by atoms with van der Waals surface area (Å²) < 4.78 is 13.0. The number of allylic oxidation sites excluding steroid dienone is 1. The van der Waals surface area contributed by atoms with Gasteiger partial charge in [-0.15, -0.1) is 0 Å².